The van der Waals surface area contributed by atoms with Crippen molar-refractivity contribution in [1.29, 1.82) is 0 Å². The predicted octanol–water partition coefficient (Wildman–Crippen LogP) is 3.01. The van der Waals surface area contributed by atoms with E-state index < -0.39 is 16.1 Å². The number of aliphatic hydroxyl groups is 1. The van der Waals surface area contributed by atoms with E-state index in [0.717, 1.165) is 23.1 Å². The van der Waals surface area contributed by atoms with Crippen LogP contribution in [0.3, 0.4) is 0 Å². The fourth-order valence-electron chi connectivity index (χ4n) is 4.94. The summed E-state index contributed by atoms with van der Waals surface area (Å²) in [6, 6.07) is 24.8. The smallest absolute Gasteiger partial charge is 0.251 e. The first kappa shape index (κ1) is 35.2. The van der Waals surface area contributed by atoms with Gasteiger partial charge in [0.2, 0.25) is 15.9 Å². The molecule has 0 saturated heterocycles. The molecule has 3 aromatic carbocycles. The van der Waals surface area contributed by atoms with Crippen LogP contribution in [-0.2, 0) is 40.7 Å². The third-order valence-electron chi connectivity index (χ3n) is 7.45. The van der Waals surface area contributed by atoms with Crippen LogP contribution in [0, 0.1) is 0 Å². The van der Waals surface area contributed by atoms with Crippen molar-refractivity contribution in [1.82, 2.24) is 25.7 Å². The molecule has 0 radical (unpaired) electrons. The van der Waals surface area contributed by atoms with Gasteiger partial charge in [-0.2, -0.15) is 0 Å². The molecule has 11 nitrogen and oxygen atoms in total. The van der Waals surface area contributed by atoms with Gasteiger partial charge in [-0.25, -0.2) is 18.1 Å². The average molecular weight is 659 g/mol. The van der Waals surface area contributed by atoms with E-state index in [0.29, 0.717) is 35.6 Å². The van der Waals surface area contributed by atoms with Gasteiger partial charge in [0.05, 0.1) is 17.4 Å². The fraction of sp³-hybridized carbons (Fsp3) is 0.286. The Morgan fingerprint density at radius 1 is 0.872 bits per heavy atom. The summed E-state index contributed by atoms with van der Waals surface area (Å²) in [5.74, 6) is 0.000238. The number of nitrogens with zero attached hydrogens (tertiary/aromatic N) is 1. The Labute approximate surface area is 276 Å². The molecule has 248 valence electrons. The molecule has 0 spiro atoms. The summed E-state index contributed by atoms with van der Waals surface area (Å²) in [6.45, 7) is 4.91. The van der Waals surface area contributed by atoms with Crippen LogP contribution in [0.1, 0.15) is 58.1 Å². The summed E-state index contributed by atoms with van der Waals surface area (Å²) in [5, 5.41) is 19.5. The van der Waals surface area contributed by atoms with Crippen LogP contribution < -0.4 is 26.4 Å². The molecule has 4 aromatic rings. The number of benzene rings is 3. The standard InChI is InChI=1S/C35H42N6O5S/c1-3-41-47(45,46)31-9-5-8-28(18-31)21-40-35(44)29-12-10-25(11-13-29)20-39-34(43)19-27-7-4-6-26(17-27)16-24(2)37-23-32(42)30-14-15-33(36)38-22-30/h4-15,17-18,22,24,32,37,41-42H,3,16,19-21,23H2,1-2H3,(H2,36,38)(H,39,43)(H,40,44)/t24-,32-/m1/s1. The van der Waals surface area contributed by atoms with Crippen molar-refractivity contribution in [2.75, 3.05) is 18.8 Å². The average Bonchev–Trinajstić information content (AvgIpc) is 3.06. The molecule has 1 heterocycles. The van der Waals surface area contributed by atoms with Crippen LogP contribution in [0.4, 0.5) is 5.82 Å². The largest absolute Gasteiger partial charge is 0.387 e. The molecule has 0 aliphatic heterocycles. The quantitative estimate of drug-likeness (QED) is 0.107. The van der Waals surface area contributed by atoms with Gasteiger partial charge < -0.3 is 26.8 Å². The Kier molecular flexibility index (Phi) is 12.6. The number of sulfonamides is 1. The summed E-state index contributed by atoms with van der Waals surface area (Å²) < 4.78 is 27.0. The normalized spacial score (nSPS) is 12.7. The molecule has 7 N–H and O–H groups in total. The van der Waals surface area contributed by atoms with Crippen LogP contribution in [0.2, 0.25) is 0 Å². The van der Waals surface area contributed by atoms with Gasteiger partial charge in [-0.15, -0.1) is 0 Å². The topological polar surface area (TPSA) is 176 Å². The highest BCUT2D eigenvalue weighted by atomic mass is 32.2. The van der Waals surface area contributed by atoms with Gasteiger partial charge in [-0.3, -0.25) is 9.59 Å². The Morgan fingerprint density at radius 2 is 1.57 bits per heavy atom. The van der Waals surface area contributed by atoms with Crippen molar-refractivity contribution in [3.05, 3.63) is 125 Å². The molecule has 47 heavy (non-hydrogen) atoms. The maximum absolute atomic E-state index is 12.7. The van der Waals surface area contributed by atoms with E-state index in [1.165, 1.54) is 12.1 Å². The van der Waals surface area contributed by atoms with Gasteiger partial charge in [0.1, 0.15) is 5.82 Å². The number of carbonyl (C=O) groups is 2. The maximum Gasteiger partial charge on any atom is 0.251 e. The van der Waals surface area contributed by atoms with E-state index in [2.05, 4.69) is 25.7 Å². The van der Waals surface area contributed by atoms with Crippen LogP contribution in [0.25, 0.3) is 0 Å². The highest BCUT2D eigenvalue weighted by Crippen LogP contribution is 2.14. The minimum Gasteiger partial charge on any atom is -0.387 e. The summed E-state index contributed by atoms with van der Waals surface area (Å²) in [4.78, 5) is 29.5. The lowest BCUT2D eigenvalue weighted by molar-refractivity contribution is -0.120. The van der Waals surface area contributed by atoms with Crippen molar-refractivity contribution >= 4 is 27.7 Å². The maximum atomic E-state index is 12.7. The number of nitrogens with one attached hydrogen (secondary N) is 4. The van der Waals surface area contributed by atoms with E-state index in [1.807, 2.05) is 31.2 Å². The zero-order chi connectivity index (χ0) is 33.8. The lowest BCUT2D eigenvalue weighted by Gasteiger charge is -2.18. The monoisotopic (exact) mass is 658 g/mol. The summed E-state index contributed by atoms with van der Waals surface area (Å²) in [5.41, 5.74) is 10.3. The number of nitrogens with two attached hydrogens (primary N) is 1. The number of aromatic nitrogens is 1. The van der Waals surface area contributed by atoms with Gasteiger partial charge in [0.15, 0.2) is 0 Å². The van der Waals surface area contributed by atoms with Crippen molar-refractivity contribution in [3.63, 3.8) is 0 Å². The highest BCUT2D eigenvalue weighted by molar-refractivity contribution is 7.89. The van der Waals surface area contributed by atoms with Crippen molar-refractivity contribution in [2.45, 2.75) is 56.8 Å². The minimum absolute atomic E-state index is 0.0960. The van der Waals surface area contributed by atoms with E-state index in [1.54, 1.807) is 61.7 Å². The lowest BCUT2D eigenvalue weighted by atomic mass is 10.0. The number of pyridine rings is 1. The van der Waals surface area contributed by atoms with E-state index in [9.17, 15) is 23.1 Å². The summed E-state index contributed by atoms with van der Waals surface area (Å²) in [6.07, 6.45) is 1.84. The van der Waals surface area contributed by atoms with Crippen molar-refractivity contribution in [2.24, 2.45) is 0 Å². The number of nitrogen functional groups attached to an aromatic ring is 1. The van der Waals surface area contributed by atoms with E-state index >= 15 is 0 Å². The number of carbonyl (C=O) groups excluding carboxylic acids is 2. The van der Waals surface area contributed by atoms with Gasteiger partial charge in [-0.1, -0.05) is 61.5 Å². The van der Waals surface area contributed by atoms with E-state index in [4.69, 9.17) is 5.73 Å². The molecule has 0 saturated carbocycles. The van der Waals surface area contributed by atoms with Gasteiger partial charge in [-0.05, 0) is 65.9 Å². The summed E-state index contributed by atoms with van der Waals surface area (Å²) >= 11 is 0. The van der Waals surface area contributed by atoms with Gasteiger partial charge in [0, 0.05) is 49.5 Å². The molecule has 0 unspecified atom stereocenters. The second-order valence-corrected chi connectivity index (χ2v) is 13.1. The fourth-order valence-corrected chi connectivity index (χ4v) is 6.05. The van der Waals surface area contributed by atoms with Crippen molar-refractivity contribution < 1.29 is 23.1 Å². The van der Waals surface area contributed by atoms with Crippen LogP contribution in [0.5, 0.6) is 0 Å². The van der Waals surface area contributed by atoms with Gasteiger partial charge in [0.25, 0.3) is 5.91 Å². The second-order valence-electron chi connectivity index (χ2n) is 11.3. The number of aliphatic hydroxyl groups excluding tert-OH is 1. The number of rotatable bonds is 16. The minimum atomic E-state index is -3.58. The highest BCUT2D eigenvalue weighted by Gasteiger charge is 2.14. The Balaban J connectivity index is 1.20. The molecular weight excluding hydrogens is 616 g/mol. The predicted molar refractivity (Wildman–Crippen MR) is 182 cm³/mol. The Hall–Kier alpha value is -4.62. The molecule has 2 atom stereocenters. The molecular formula is C35H42N6O5S. The van der Waals surface area contributed by atoms with Crippen molar-refractivity contribution in [3.8, 4) is 0 Å². The molecule has 0 fully saturated rings. The van der Waals surface area contributed by atoms with Crippen LogP contribution in [0.15, 0.2) is 96.0 Å². The number of anilines is 1. The first-order valence-electron chi connectivity index (χ1n) is 15.5. The van der Waals surface area contributed by atoms with Gasteiger partial charge >= 0.3 is 0 Å². The Bertz CT molecular complexity index is 1750. The Morgan fingerprint density at radius 3 is 2.30 bits per heavy atom. The molecule has 12 heteroatoms. The second kappa shape index (κ2) is 16.8. The zero-order valence-corrected chi connectivity index (χ0v) is 27.4. The SMILES string of the molecule is CCNS(=O)(=O)c1cccc(CNC(=O)c2ccc(CNC(=O)Cc3cccc(C[C@@H](C)NC[C@@H](O)c4ccc(N)nc4)c3)cc2)c1. The first-order valence-corrected chi connectivity index (χ1v) is 16.9. The number of amides is 2. The van der Waals surface area contributed by atoms with Crippen LogP contribution >= 0.6 is 0 Å². The molecule has 2 amide bonds. The molecule has 0 bridgehead atoms. The first-order chi connectivity index (χ1) is 22.5. The molecule has 0 aliphatic carbocycles. The molecule has 0 aliphatic rings. The summed E-state index contributed by atoms with van der Waals surface area (Å²) in [7, 11) is -3.58. The lowest BCUT2D eigenvalue weighted by Crippen LogP contribution is -2.32. The third kappa shape index (κ3) is 11.0. The number of hydrogen-bond donors (Lipinski definition) is 6. The third-order valence-corrected chi connectivity index (χ3v) is 9.00. The molecule has 1 aromatic heterocycles. The van der Waals surface area contributed by atoms with E-state index in [-0.39, 0.29) is 42.3 Å². The zero-order valence-electron chi connectivity index (χ0n) is 26.6. The number of hydrogen-bond acceptors (Lipinski definition) is 8. The van der Waals surface area contributed by atoms with Crippen LogP contribution in [-0.4, -0.2) is 49.5 Å². The molecule has 4 rings (SSSR count).